The number of thiazole rings is 1. The number of thioether (sulfide) groups is 1. The van der Waals surface area contributed by atoms with E-state index in [9.17, 15) is 14.4 Å². The second-order valence-electron chi connectivity index (χ2n) is 12.2. The number of hydrogen-bond acceptors (Lipinski definition) is 8. The van der Waals surface area contributed by atoms with Gasteiger partial charge in [-0.15, -0.1) is 23.1 Å². The van der Waals surface area contributed by atoms with Crippen LogP contribution in [0.3, 0.4) is 0 Å². The first-order chi connectivity index (χ1) is 26.9. The molecule has 0 fully saturated rings. The van der Waals surface area contributed by atoms with Crippen molar-refractivity contribution >= 4 is 68.6 Å². The van der Waals surface area contributed by atoms with E-state index in [2.05, 4.69) is 25.9 Å². The van der Waals surface area contributed by atoms with Crippen LogP contribution in [0.15, 0.2) is 150 Å². The van der Waals surface area contributed by atoms with E-state index < -0.39 is 17.1 Å². The van der Waals surface area contributed by atoms with Crippen LogP contribution in [0.1, 0.15) is 26.7 Å². The highest BCUT2D eigenvalue weighted by atomic mass is 32.2. The highest BCUT2D eigenvalue weighted by molar-refractivity contribution is 8.00. The third-order valence-corrected chi connectivity index (χ3v) is 10.6. The molecule has 5 aromatic carbocycles. The molecule has 7 aromatic rings. The van der Waals surface area contributed by atoms with Crippen molar-refractivity contribution in [3.63, 3.8) is 0 Å². The van der Waals surface area contributed by atoms with Crippen LogP contribution in [0.5, 0.6) is 11.5 Å². The Bertz CT molecular complexity index is 2500. The summed E-state index contributed by atoms with van der Waals surface area (Å²) in [6.45, 7) is 0. The van der Waals surface area contributed by atoms with Crippen LogP contribution in [0.4, 0.5) is 10.8 Å². The lowest BCUT2D eigenvalue weighted by molar-refractivity contribution is -0.116. The number of para-hydroxylation sites is 1. The number of rotatable bonds is 13. The molecule has 0 radical (unpaired) electrons. The maximum absolute atomic E-state index is 13.9. The minimum Gasteiger partial charge on any atom is -0.493 e. The van der Waals surface area contributed by atoms with Crippen molar-refractivity contribution in [1.29, 1.82) is 0 Å². The van der Waals surface area contributed by atoms with Crippen molar-refractivity contribution in [1.82, 2.24) is 15.3 Å². The highest BCUT2D eigenvalue weighted by Crippen LogP contribution is 2.38. The molecular weight excluding hydrogens is 731 g/mol. The van der Waals surface area contributed by atoms with E-state index in [4.69, 9.17) is 9.47 Å². The van der Waals surface area contributed by atoms with E-state index in [1.165, 1.54) is 23.1 Å². The van der Waals surface area contributed by atoms with Gasteiger partial charge in [0.2, 0.25) is 5.91 Å². The summed E-state index contributed by atoms with van der Waals surface area (Å²) in [4.78, 5) is 49.7. The zero-order valence-corrected chi connectivity index (χ0v) is 31.4. The first-order valence-corrected chi connectivity index (χ1v) is 18.9. The molecule has 3 amide bonds. The van der Waals surface area contributed by atoms with Crippen molar-refractivity contribution in [2.75, 3.05) is 24.9 Å². The summed E-state index contributed by atoms with van der Waals surface area (Å²) < 4.78 is 10.8. The highest BCUT2D eigenvalue weighted by Gasteiger charge is 2.24. The maximum atomic E-state index is 13.9. The molecule has 0 aliphatic heterocycles. The number of ether oxygens (including phenoxy) is 2. The number of aromatic nitrogens is 2. The van der Waals surface area contributed by atoms with Crippen LogP contribution >= 0.6 is 23.1 Å². The van der Waals surface area contributed by atoms with E-state index in [0.29, 0.717) is 33.6 Å². The van der Waals surface area contributed by atoms with Gasteiger partial charge in [-0.2, -0.15) is 0 Å². The fourth-order valence-electron chi connectivity index (χ4n) is 5.82. The topological polar surface area (TPSA) is 134 Å². The van der Waals surface area contributed by atoms with Crippen LogP contribution in [-0.4, -0.2) is 41.9 Å². The molecule has 55 heavy (non-hydrogen) atoms. The van der Waals surface area contributed by atoms with Crippen molar-refractivity contribution in [3.05, 3.63) is 161 Å². The number of H-pyrrole nitrogens is 1. The normalized spacial score (nSPS) is 11.8. The lowest BCUT2D eigenvalue weighted by Crippen LogP contribution is -2.30. The minimum absolute atomic E-state index is 0.0640. The number of anilines is 2. The van der Waals surface area contributed by atoms with Gasteiger partial charge in [0.15, 0.2) is 16.6 Å². The van der Waals surface area contributed by atoms with Gasteiger partial charge in [-0.05, 0) is 66.2 Å². The Kier molecular flexibility index (Phi) is 11.4. The summed E-state index contributed by atoms with van der Waals surface area (Å²) >= 11 is 2.66. The molecule has 10 nitrogen and oxygen atoms in total. The predicted molar refractivity (Wildman–Crippen MR) is 220 cm³/mol. The number of nitrogens with one attached hydrogen (secondary N) is 4. The van der Waals surface area contributed by atoms with E-state index in [1.807, 2.05) is 90.3 Å². The molecule has 1 atom stereocenters. The number of nitrogens with zero attached hydrogens (tertiary/aromatic N) is 1. The lowest BCUT2D eigenvalue weighted by Gasteiger charge is -2.17. The fraction of sp³-hybridized carbons (Fsp3) is 0.0698. The van der Waals surface area contributed by atoms with Crippen LogP contribution in [0, 0.1) is 0 Å². The standard InChI is InChI=1S/C43H35N5O5S2/c1-52-37-21-20-29(23-38(37)53-2)36-26-54-43(47-36)48-42(51)39(27-12-5-3-6-13-27)55-32-17-11-16-31(24-32)45-41(50)35(46-40(49)28-14-7-4-8-15-28)22-30-25-44-34-19-10-9-18-33(30)34/h3-26,39,44H,1-2H3,(H,45,50)(H,46,49)(H,47,48,51)/b35-22-. The first-order valence-electron chi connectivity index (χ1n) is 17.1. The Morgan fingerprint density at radius 2 is 1.55 bits per heavy atom. The Morgan fingerprint density at radius 3 is 2.33 bits per heavy atom. The monoisotopic (exact) mass is 765 g/mol. The van der Waals surface area contributed by atoms with Crippen molar-refractivity contribution in [2.24, 2.45) is 0 Å². The Hall–Kier alpha value is -6.63. The Balaban J connectivity index is 1.11. The SMILES string of the molecule is COc1ccc(-c2csc(NC(=O)C(Sc3cccc(NC(=O)/C(=C/c4c[nH]c5ccccc45)NC(=O)c4ccccc4)c3)c3ccccc3)n2)cc1OC. The number of benzene rings is 5. The van der Waals surface area contributed by atoms with Crippen molar-refractivity contribution in [3.8, 4) is 22.8 Å². The summed E-state index contributed by atoms with van der Waals surface area (Å²) in [7, 11) is 3.16. The van der Waals surface area contributed by atoms with E-state index in [-0.39, 0.29) is 11.6 Å². The number of methoxy groups -OCH3 is 2. The smallest absolute Gasteiger partial charge is 0.272 e. The number of fused-ring (bicyclic) bond motifs is 1. The molecule has 0 saturated heterocycles. The third kappa shape index (κ3) is 8.78. The summed E-state index contributed by atoms with van der Waals surface area (Å²) in [6.07, 6.45) is 3.44. The average Bonchev–Trinajstić information content (AvgIpc) is 3.87. The molecule has 0 aliphatic rings. The Morgan fingerprint density at radius 1 is 0.800 bits per heavy atom. The van der Waals surface area contributed by atoms with Crippen LogP contribution in [-0.2, 0) is 9.59 Å². The number of hydrogen-bond donors (Lipinski definition) is 4. The summed E-state index contributed by atoms with van der Waals surface area (Å²) in [5.41, 5.74) is 4.91. The molecule has 0 spiro atoms. The maximum Gasteiger partial charge on any atom is 0.272 e. The number of carbonyl (C=O) groups excluding carboxylic acids is 3. The molecular formula is C43H35N5O5S2. The molecule has 7 rings (SSSR count). The van der Waals surface area contributed by atoms with Gasteiger partial charge < -0.3 is 30.4 Å². The first kappa shape index (κ1) is 36.7. The third-order valence-electron chi connectivity index (χ3n) is 8.55. The van der Waals surface area contributed by atoms with Gasteiger partial charge in [0.1, 0.15) is 10.9 Å². The Labute approximate surface area is 325 Å². The van der Waals surface area contributed by atoms with Gasteiger partial charge in [-0.1, -0.05) is 72.8 Å². The summed E-state index contributed by atoms with van der Waals surface area (Å²) in [6, 6.07) is 38.7. The number of carbonyl (C=O) groups is 3. The number of amides is 3. The second-order valence-corrected chi connectivity index (χ2v) is 14.2. The van der Waals surface area contributed by atoms with Crippen LogP contribution < -0.4 is 25.4 Å². The lowest BCUT2D eigenvalue weighted by atomic mass is 10.1. The second kappa shape index (κ2) is 17.0. The van der Waals surface area contributed by atoms with Crippen molar-refractivity contribution in [2.45, 2.75) is 10.1 Å². The van der Waals surface area contributed by atoms with E-state index >= 15 is 0 Å². The molecule has 2 aromatic heterocycles. The average molecular weight is 766 g/mol. The fourth-order valence-corrected chi connectivity index (χ4v) is 7.63. The zero-order valence-electron chi connectivity index (χ0n) is 29.7. The molecule has 1 unspecified atom stereocenters. The molecule has 12 heteroatoms. The van der Waals surface area contributed by atoms with E-state index in [1.54, 1.807) is 69.0 Å². The van der Waals surface area contributed by atoms with Gasteiger partial charge in [0.25, 0.3) is 11.8 Å². The number of aromatic amines is 1. The van der Waals surface area contributed by atoms with Gasteiger partial charge in [-0.25, -0.2) is 4.98 Å². The summed E-state index contributed by atoms with van der Waals surface area (Å²) in [5, 5.41) is 11.3. The minimum atomic E-state index is -0.650. The van der Waals surface area contributed by atoms with Gasteiger partial charge in [0, 0.05) is 49.8 Å². The predicted octanol–water partition coefficient (Wildman–Crippen LogP) is 9.19. The van der Waals surface area contributed by atoms with Gasteiger partial charge in [0.05, 0.1) is 19.9 Å². The summed E-state index contributed by atoms with van der Waals surface area (Å²) in [5.74, 6) is 0.00280. The molecule has 0 saturated carbocycles. The van der Waals surface area contributed by atoms with Crippen LogP contribution in [0.2, 0.25) is 0 Å². The van der Waals surface area contributed by atoms with Crippen LogP contribution in [0.25, 0.3) is 28.2 Å². The van der Waals surface area contributed by atoms with Gasteiger partial charge in [-0.3, -0.25) is 14.4 Å². The molecule has 0 aliphatic carbocycles. The van der Waals surface area contributed by atoms with Gasteiger partial charge >= 0.3 is 0 Å². The molecule has 2 heterocycles. The molecule has 274 valence electrons. The zero-order chi connectivity index (χ0) is 38.1. The molecule has 4 N–H and O–H groups in total. The quantitative estimate of drug-likeness (QED) is 0.0680. The van der Waals surface area contributed by atoms with E-state index in [0.717, 1.165) is 32.5 Å². The largest absolute Gasteiger partial charge is 0.493 e. The molecule has 0 bridgehead atoms. The van der Waals surface area contributed by atoms with Crippen molar-refractivity contribution < 1.29 is 23.9 Å².